The molecule has 1 amide bonds. The van der Waals surface area contributed by atoms with E-state index in [-0.39, 0.29) is 11.9 Å². The van der Waals surface area contributed by atoms with Crippen LogP contribution in [0, 0.1) is 11.8 Å². The first kappa shape index (κ1) is 17.8. The van der Waals surface area contributed by atoms with Crippen molar-refractivity contribution in [3.8, 4) is 5.75 Å². The molecule has 4 heteroatoms. The third-order valence-electron chi connectivity index (χ3n) is 4.41. The maximum Gasteiger partial charge on any atom is 0.220 e. The second kappa shape index (κ2) is 8.92. The number of benzene rings is 1. The number of amides is 1. The second-order valence-electron chi connectivity index (χ2n) is 7.01. The zero-order valence-corrected chi connectivity index (χ0v) is 14.4. The molecule has 0 aliphatic heterocycles. The van der Waals surface area contributed by atoms with Gasteiger partial charge in [0.05, 0.1) is 6.61 Å². The summed E-state index contributed by atoms with van der Waals surface area (Å²) in [6.07, 6.45) is 4.72. The molecule has 0 unspecified atom stereocenters. The van der Waals surface area contributed by atoms with E-state index in [1.165, 1.54) is 5.56 Å². The quantitative estimate of drug-likeness (QED) is 0.774. The van der Waals surface area contributed by atoms with E-state index < -0.39 is 0 Å². The highest BCUT2D eigenvalue weighted by molar-refractivity contribution is 5.76. The van der Waals surface area contributed by atoms with Gasteiger partial charge in [0.15, 0.2) is 0 Å². The van der Waals surface area contributed by atoms with Crippen molar-refractivity contribution < 1.29 is 9.53 Å². The van der Waals surface area contributed by atoms with Gasteiger partial charge in [-0.1, -0.05) is 32.4 Å². The summed E-state index contributed by atoms with van der Waals surface area (Å²) >= 11 is 0. The van der Waals surface area contributed by atoms with Crippen LogP contribution < -0.4 is 15.8 Å². The third kappa shape index (κ3) is 6.22. The molecule has 0 heterocycles. The number of nitrogens with two attached hydrogens (primary N) is 1. The van der Waals surface area contributed by atoms with E-state index in [0.717, 1.165) is 38.0 Å². The molecule has 1 aromatic carbocycles. The molecule has 1 aromatic rings. The lowest BCUT2D eigenvalue weighted by atomic mass is 10.00. The van der Waals surface area contributed by atoms with Gasteiger partial charge >= 0.3 is 0 Å². The summed E-state index contributed by atoms with van der Waals surface area (Å²) in [5.74, 6) is 1.93. The van der Waals surface area contributed by atoms with Crippen molar-refractivity contribution in [2.75, 3.05) is 13.2 Å². The minimum Gasteiger partial charge on any atom is -0.493 e. The zero-order chi connectivity index (χ0) is 16.7. The topological polar surface area (TPSA) is 64.3 Å². The van der Waals surface area contributed by atoms with Gasteiger partial charge in [-0.05, 0) is 48.8 Å². The van der Waals surface area contributed by atoms with E-state index >= 15 is 0 Å². The fourth-order valence-corrected chi connectivity index (χ4v) is 2.99. The average Bonchev–Trinajstić information content (AvgIpc) is 2.91. The van der Waals surface area contributed by atoms with E-state index in [1.54, 1.807) is 0 Å². The number of ether oxygens (including phenoxy) is 1. The Bertz CT molecular complexity index is 485. The Labute approximate surface area is 139 Å². The summed E-state index contributed by atoms with van der Waals surface area (Å²) in [4.78, 5) is 12.0. The van der Waals surface area contributed by atoms with Crippen molar-refractivity contribution >= 4 is 5.91 Å². The standard InChI is InChI=1S/C19H30N2O2/c1-14(2)13-23-17-8-6-15(7-9-17)10-11-21-19(22)12-16-4-3-5-18(16)20/h6-9,14,16,18H,3-5,10-13,20H2,1-2H3,(H,21,22)/t16-,18+/m0/s1. The molecule has 23 heavy (non-hydrogen) atoms. The predicted molar refractivity (Wildman–Crippen MR) is 93.4 cm³/mol. The smallest absolute Gasteiger partial charge is 0.220 e. The van der Waals surface area contributed by atoms with Gasteiger partial charge < -0.3 is 15.8 Å². The lowest BCUT2D eigenvalue weighted by Gasteiger charge is -2.14. The van der Waals surface area contributed by atoms with Crippen LogP contribution >= 0.6 is 0 Å². The molecule has 0 aromatic heterocycles. The molecule has 1 aliphatic rings. The van der Waals surface area contributed by atoms with Gasteiger partial charge in [0.25, 0.3) is 0 Å². The summed E-state index contributed by atoms with van der Waals surface area (Å²) in [6, 6.07) is 8.33. The number of rotatable bonds is 8. The predicted octanol–water partition coefficient (Wildman–Crippen LogP) is 2.90. The lowest BCUT2D eigenvalue weighted by molar-refractivity contribution is -0.122. The summed E-state index contributed by atoms with van der Waals surface area (Å²) in [7, 11) is 0. The summed E-state index contributed by atoms with van der Waals surface area (Å²) in [6.45, 7) is 5.68. The normalized spacial score (nSPS) is 20.7. The van der Waals surface area contributed by atoms with Crippen LogP contribution in [0.25, 0.3) is 0 Å². The van der Waals surface area contributed by atoms with Crippen LogP contribution in [0.15, 0.2) is 24.3 Å². The monoisotopic (exact) mass is 318 g/mol. The molecule has 0 spiro atoms. The second-order valence-corrected chi connectivity index (χ2v) is 7.01. The maximum atomic E-state index is 12.0. The number of hydrogen-bond acceptors (Lipinski definition) is 3. The molecule has 1 fully saturated rings. The molecule has 1 aliphatic carbocycles. The Hall–Kier alpha value is -1.55. The van der Waals surface area contributed by atoms with Gasteiger partial charge in [0.2, 0.25) is 5.91 Å². The van der Waals surface area contributed by atoms with Crippen molar-refractivity contribution in [1.82, 2.24) is 5.32 Å². The van der Waals surface area contributed by atoms with Crippen LogP contribution in [-0.2, 0) is 11.2 Å². The Morgan fingerprint density at radius 3 is 2.65 bits per heavy atom. The Kier molecular flexibility index (Phi) is 6.90. The fraction of sp³-hybridized carbons (Fsp3) is 0.632. The molecular weight excluding hydrogens is 288 g/mol. The maximum absolute atomic E-state index is 12.0. The van der Waals surface area contributed by atoms with Gasteiger partial charge in [-0.2, -0.15) is 0 Å². The summed E-state index contributed by atoms with van der Waals surface area (Å²) in [5, 5.41) is 3.01. The summed E-state index contributed by atoms with van der Waals surface area (Å²) in [5.41, 5.74) is 7.22. The van der Waals surface area contributed by atoms with Crippen LogP contribution in [0.4, 0.5) is 0 Å². The highest BCUT2D eigenvalue weighted by Crippen LogP contribution is 2.26. The number of carbonyl (C=O) groups is 1. The van der Waals surface area contributed by atoms with Gasteiger partial charge in [-0.25, -0.2) is 0 Å². The van der Waals surface area contributed by atoms with E-state index in [9.17, 15) is 4.79 Å². The molecule has 0 radical (unpaired) electrons. The Morgan fingerprint density at radius 2 is 2.04 bits per heavy atom. The molecule has 2 rings (SSSR count). The van der Waals surface area contributed by atoms with Crippen molar-refractivity contribution in [3.05, 3.63) is 29.8 Å². The SMILES string of the molecule is CC(C)COc1ccc(CCNC(=O)C[C@@H]2CCC[C@H]2N)cc1. The van der Waals surface area contributed by atoms with Crippen LogP contribution in [0.1, 0.15) is 45.1 Å². The minimum absolute atomic E-state index is 0.129. The number of carbonyl (C=O) groups excluding carboxylic acids is 1. The zero-order valence-electron chi connectivity index (χ0n) is 14.4. The average molecular weight is 318 g/mol. The van der Waals surface area contributed by atoms with E-state index in [4.69, 9.17) is 10.5 Å². The minimum atomic E-state index is 0.129. The van der Waals surface area contributed by atoms with Gasteiger partial charge in [-0.15, -0.1) is 0 Å². The van der Waals surface area contributed by atoms with E-state index in [1.807, 2.05) is 12.1 Å². The van der Waals surface area contributed by atoms with Crippen molar-refractivity contribution in [3.63, 3.8) is 0 Å². The van der Waals surface area contributed by atoms with E-state index in [0.29, 0.717) is 24.8 Å². The third-order valence-corrected chi connectivity index (χ3v) is 4.41. The molecule has 2 atom stereocenters. The number of nitrogens with one attached hydrogen (secondary N) is 1. The van der Waals surface area contributed by atoms with Crippen molar-refractivity contribution in [2.45, 2.75) is 52.0 Å². The lowest BCUT2D eigenvalue weighted by Crippen LogP contribution is -2.32. The van der Waals surface area contributed by atoms with E-state index in [2.05, 4.69) is 31.3 Å². The van der Waals surface area contributed by atoms with Crippen molar-refractivity contribution in [1.29, 1.82) is 0 Å². The van der Waals surface area contributed by atoms with Crippen LogP contribution in [0.3, 0.4) is 0 Å². The van der Waals surface area contributed by atoms with Crippen molar-refractivity contribution in [2.24, 2.45) is 17.6 Å². The Morgan fingerprint density at radius 1 is 1.30 bits per heavy atom. The molecular formula is C19H30N2O2. The molecule has 4 nitrogen and oxygen atoms in total. The molecule has 1 saturated carbocycles. The van der Waals surface area contributed by atoms with Gasteiger partial charge in [-0.3, -0.25) is 4.79 Å². The van der Waals surface area contributed by atoms with Crippen LogP contribution in [0.2, 0.25) is 0 Å². The number of hydrogen-bond donors (Lipinski definition) is 2. The largest absolute Gasteiger partial charge is 0.493 e. The highest BCUT2D eigenvalue weighted by atomic mass is 16.5. The highest BCUT2D eigenvalue weighted by Gasteiger charge is 2.25. The molecule has 0 bridgehead atoms. The first-order valence-electron chi connectivity index (χ1n) is 8.78. The van der Waals surface area contributed by atoms with Gasteiger partial charge in [0, 0.05) is 19.0 Å². The van der Waals surface area contributed by atoms with Crippen LogP contribution in [0.5, 0.6) is 5.75 Å². The molecule has 0 saturated heterocycles. The van der Waals surface area contributed by atoms with Crippen LogP contribution in [-0.4, -0.2) is 25.1 Å². The fourth-order valence-electron chi connectivity index (χ4n) is 2.99. The molecule has 3 N–H and O–H groups in total. The first-order chi connectivity index (χ1) is 11.0. The Balaban J connectivity index is 1.66. The van der Waals surface area contributed by atoms with Gasteiger partial charge in [0.1, 0.15) is 5.75 Å². The summed E-state index contributed by atoms with van der Waals surface area (Å²) < 4.78 is 5.67. The first-order valence-corrected chi connectivity index (χ1v) is 8.78. The molecule has 128 valence electrons.